The summed E-state index contributed by atoms with van der Waals surface area (Å²) < 4.78 is 0. The lowest BCUT2D eigenvalue weighted by Crippen LogP contribution is -2.51. The van der Waals surface area contributed by atoms with Gasteiger partial charge in [-0.05, 0) is 43.0 Å². The van der Waals surface area contributed by atoms with Gasteiger partial charge in [0.25, 0.3) is 5.91 Å². The van der Waals surface area contributed by atoms with Gasteiger partial charge in [0.15, 0.2) is 0 Å². The first-order valence-corrected chi connectivity index (χ1v) is 10.6. The number of aromatic hydroxyl groups is 1. The predicted molar refractivity (Wildman–Crippen MR) is 118 cm³/mol. The van der Waals surface area contributed by atoms with E-state index in [-0.39, 0.29) is 23.6 Å². The van der Waals surface area contributed by atoms with Crippen LogP contribution in [0.15, 0.2) is 48.5 Å². The number of amides is 2. The van der Waals surface area contributed by atoms with E-state index in [9.17, 15) is 14.7 Å². The van der Waals surface area contributed by atoms with Crippen LogP contribution >= 0.6 is 0 Å². The van der Waals surface area contributed by atoms with Gasteiger partial charge in [-0.25, -0.2) is 0 Å². The van der Waals surface area contributed by atoms with Gasteiger partial charge in [0.2, 0.25) is 5.91 Å². The van der Waals surface area contributed by atoms with Crippen molar-refractivity contribution in [2.75, 3.05) is 32.7 Å². The van der Waals surface area contributed by atoms with Crippen LogP contribution in [-0.4, -0.2) is 65.5 Å². The minimum absolute atomic E-state index is 0.00664. The smallest absolute Gasteiger partial charge is 0.257 e. The lowest BCUT2D eigenvalue weighted by Gasteiger charge is -2.34. The average molecular weight is 410 g/mol. The van der Waals surface area contributed by atoms with Crippen molar-refractivity contribution in [1.29, 1.82) is 0 Å². The summed E-state index contributed by atoms with van der Waals surface area (Å²) >= 11 is 0. The zero-order valence-electron chi connectivity index (χ0n) is 17.8. The highest BCUT2D eigenvalue weighted by Gasteiger charge is 2.25. The van der Waals surface area contributed by atoms with E-state index in [1.54, 1.807) is 17.0 Å². The van der Waals surface area contributed by atoms with Crippen molar-refractivity contribution in [2.24, 2.45) is 0 Å². The van der Waals surface area contributed by atoms with Crippen LogP contribution in [0.3, 0.4) is 0 Å². The summed E-state index contributed by atoms with van der Waals surface area (Å²) in [6.07, 6.45) is 1.61. The molecule has 30 heavy (non-hydrogen) atoms. The molecule has 2 amide bonds. The van der Waals surface area contributed by atoms with Crippen LogP contribution in [0.1, 0.15) is 41.8 Å². The molecule has 6 nitrogen and oxygen atoms in total. The molecule has 0 aliphatic carbocycles. The van der Waals surface area contributed by atoms with E-state index in [4.69, 9.17) is 0 Å². The molecule has 1 saturated heterocycles. The van der Waals surface area contributed by atoms with Crippen LogP contribution < -0.4 is 5.32 Å². The average Bonchev–Trinajstić information content (AvgIpc) is 2.75. The van der Waals surface area contributed by atoms with Gasteiger partial charge in [0.1, 0.15) is 5.75 Å². The molecule has 1 heterocycles. The third kappa shape index (κ3) is 5.83. The summed E-state index contributed by atoms with van der Waals surface area (Å²) in [6.45, 7) is 6.75. The molecule has 0 aromatic heterocycles. The molecular weight excluding hydrogens is 378 g/mol. The Morgan fingerprint density at radius 2 is 1.73 bits per heavy atom. The molecule has 2 N–H and O–H groups in total. The maximum atomic E-state index is 13.0. The van der Waals surface area contributed by atoms with Crippen LogP contribution in [0.5, 0.6) is 5.75 Å². The van der Waals surface area contributed by atoms with Crippen molar-refractivity contribution in [3.05, 3.63) is 65.2 Å². The Balaban J connectivity index is 1.58. The minimum atomic E-state index is -0.161. The van der Waals surface area contributed by atoms with Crippen molar-refractivity contribution in [2.45, 2.75) is 32.7 Å². The highest BCUT2D eigenvalue weighted by molar-refractivity contribution is 5.97. The number of carbonyl (C=O) groups excluding carboxylic acids is 2. The number of piperazine rings is 1. The predicted octanol–water partition coefficient (Wildman–Crippen LogP) is 2.66. The quantitative estimate of drug-likeness (QED) is 0.737. The second-order valence-electron chi connectivity index (χ2n) is 7.96. The number of nitrogens with one attached hydrogen (secondary N) is 1. The van der Waals surface area contributed by atoms with E-state index in [0.29, 0.717) is 44.7 Å². The Labute approximate surface area is 178 Å². The zero-order chi connectivity index (χ0) is 21.5. The van der Waals surface area contributed by atoms with Crippen molar-refractivity contribution < 1.29 is 14.7 Å². The number of benzene rings is 2. The second-order valence-corrected chi connectivity index (χ2v) is 7.96. The van der Waals surface area contributed by atoms with Crippen molar-refractivity contribution in [3.8, 4) is 5.75 Å². The molecule has 3 rings (SSSR count). The fraction of sp³-hybridized carbons (Fsp3) is 0.417. The molecule has 1 fully saturated rings. The molecule has 160 valence electrons. The van der Waals surface area contributed by atoms with E-state index in [2.05, 4.69) is 10.2 Å². The number of phenols is 1. The largest absolute Gasteiger partial charge is 0.507 e. The van der Waals surface area contributed by atoms with Gasteiger partial charge in [0, 0.05) is 32.2 Å². The molecular formula is C24H31N3O3. The third-order valence-electron chi connectivity index (χ3n) is 5.59. The van der Waals surface area contributed by atoms with E-state index in [1.165, 1.54) is 0 Å². The third-order valence-corrected chi connectivity index (χ3v) is 5.59. The standard InChI is InChI=1S/C24H31N3O3/c1-3-18(2)25-23(29)17-26-11-13-27(14-12-26)24(30)21-16-20(9-10-22(21)28)15-19-7-5-4-6-8-19/h4-10,16,18,28H,3,11-15,17H2,1-2H3,(H,25,29). The Bertz CT molecular complexity index is 861. The molecule has 0 saturated carbocycles. The molecule has 6 heteroatoms. The van der Waals surface area contributed by atoms with Crippen LogP contribution in [0.2, 0.25) is 0 Å². The normalized spacial score (nSPS) is 15.6. The molecule has 1 unspecified atom stereocenters. The van der Waals surface area contributed by atoms with Gasteiger partial charge in [0.05, 0.1) is 12.1 Å². The van der Waals surface area contributed by atoms with Crippen molar-refractivity contribution >= 4 is 11.8 Å². The minimum Gasteiger partial charge on any atom is -0.507 e. The van der Waals surface area contributed by atoms with Crippen LogP contribution in [0.25, 0.3) is 0 Å². The van der Waals surface area contributed by atoms with Gasteiger partial charge in [-0.15, -0.1) is 0 Å². The number of nitrogens with zero attached hydrogens (tertiary/aromatic N) is 2. The molecule has 1 aliphatic heterocycles. The molecule has 2 aromatic carbocycles. The molecule has 0 spiro atoms. The van der Waals surface area contributed by atoms with Gasteiger partial charge in [-0.2, -0.15) is 0 Å². The first-order chi connectivity index (χ1) is 14.5. The van der Waals surface area contributed by atoms with Gasteiger partial charge in [-0.1, -0.05) is 43.3 Å². The number of phenolic OH excluding ortho intramolecular Hbond substituents is 1. The van der Waals surface area contributed by atoms with Gasteiger partial charge >= 0.3 is 0 Å². The van der Waals surface area contributed by atoms with Crippen LogP contribution in [-0.2, 0) is 11.2 Å². The first-order valence-electron chi connectivity index (χ1n) is 10.6. The van der Waals surface area contributed by atoms with Crippen LogP contribution in [0.4, 0.5) is 0 Å². The van der Waals surface area contributed by atoms with E-state index < -0.39 is 0 Å². The summed E-state index contributed by atoms with van der Waals surface area (Å²) in [6, 6.07) is 15.5. The summed E-state index contributed by atoms with van der Waals surface area (Å²) in [5, 5.41) is 13.2. The Hall–Kier alpha value is -2.86. The highest BCUT2D eigenvalue weighted by Crippen LogP contribution is 2.23. The Morgan fingerprint density at radius 1 is 1.03 bits per heavy atom. The molecule has 1 atom stereocenters. The highest BCUT2D eigenvalue weighted by atomic mass is 16.3. The number of rotatable bonds is 7. The SMILES string of the molecule is CCC(C)NC(=O)CN1CCN(C(=O)c2cc(Cc3ccccc3)ccc2O)CC1. The number of hydrogen-bond acceptors (Lipinski definition) is 4. The lowest BCUT2D eigenvalue weighted by molar-refractivity contribution is -0.123. The Morgan fingerprint density at radius 3 is 2.40 bits per heavy atom. The lowest BCUT2D eigenvalue weighted by atomic mass is 10.0. The maximum absolute atomic E-state index is 13.0. The summed E-state index contributed by atoms with van der Waals surface area (Å²) in [5.41, 5.74) is 2.49. The van der Waals surface area contributed by atoms with Crippen molar-refractivity contribution in [1.82, 2.24) is 15.1 Å². The fourth-order valence-corrected chi connectivity index (χ4v) is 3.60. The fourth-order valence-electron chi connectivity index (χ4n) is 3.60. The second kappa shape index (κ2) is 10.3. The topological polar surface area (TPSA) is 72.9 Å². The summed E-state index contributed by atoms with van der Waals surface area (Å²) in [5.74, 6) is -0.131. The summed E-state index contributed by atoms with van der Waals surface area (Å²) in [4.78, 5) is 28.9. The Kier molecular flexibility index (Phi) is 7.46. The summed E-state index contributed by atoms with van der Waals surface area (Å²) in [7, 11) is 0. The first kappa shape index (κ1) is 21.8. The number of carbonyl (C=O) groups is 2. The monoisotopic (exact) mass is 409 g/mol. The van der Waals surface area contributed by atoms with E-state index in [0.717, 1.165) is 17.5 Å². The van der Waals surface area contributed by atoms with Crippen LogP contribution in [0, 0.1) is 0 Å². The molecule has 0 bridgehead atoms. The molecule has 1 aliphatic rings. The van der Waals surface area contributed by atoms with E-state index in [1.807, 2.05) is 50.2 Å². The molecule has 0 radical (unpaired) electrons. The zero-order valence-corrected chi connectivity index (χ0v) is 17.8. The van der Waals surface area contributed by atoms with Crippen molar-refractivity contribution in [3.63, 3.8) is 0 Å². The van der Waals surface area contributed by atoms with Gasteiger partial charge in [-0.3, -0.25) is 14.5 Å². The van der Waals surface area contributed by atoms with E-state index >= 15 is 0 Å². The van der Waals surface area contributed by atoms with Gasteiger partial charge < -0.3 is 15.3 Å². The maximum Gasteiger partial charge on any atom is 0.257 e. The molecule has 2 aromatic rings. The number of hydrogen-bond donors (Lipinski definition) is 2.